The Balaban J connectivity index is 1.47. The second-order valence-corrected chi connectivity index (χ2v) is 5.71. The van der Waals surface area contributed by atoms with E-state index in [1.54, 1.807) is 12.4 Å². The molecule has 3 heterocycles. The quantitative estimate of drug-likeness (QED) is 0.570. The first kappa shape index (κ1) is 15.3. The van der Waals surface area contributed by atoms with Gasteiger partial charge in [0.25, 0.3) is 0 Å². The van der Waals surface area contributed by atoms with Crippen LogP contribution >= 0.6 is 0 Å². The van der Waals surface area contributed by atoms with Gasteiger partial charge in [0.05, 0.1) is 23.9 Å². The van der Waals surface area contributed by atoms with E-state index in [1.165, 1.54) is 5.56 Å². The Labute approximate surface area is 145 Å². The molecule has 0 bridgehead atoms. The summed E-state index contributed by atoms with van der Waals surface area (Å²) in [6.07, 6.45) is 11.0. The van der Waals surface area contributed by atoms with Gasteiger partial charge in [0, 0.05) is 49.0 Å². The van der Waals surface area contributed by atoms with Gasteiger partial charge in [0.15, 0.2) is 0 Å². The van der Waals surface area contributed by atoms with Crippen molar-refractivity contribution in [2.45, 2.75) is 13.1 Å². The second kappa shape index (κ2) is 7.11. The highest BCUT2D eigenvalue weighted by molar-refractivity contribution is 5.61. The number of imidazole rings is 1. The van der Waals surface area contributed by atoms with Gasteiger partial charge in [-0.3, -0.25) is 10.1 Å². The lowest BCUT2D eigenvalue weighted by atomic mass is 10.1. The third-order valence-corrected chi connectivity index (χ3v) is 4.07. The monoisotopic (exact) mass is 330 g/mol. The molecule has 4 rings (SSSR count). The number of rotatable bonds is 6. The first-order chi connectivity index (χ1) is 12.4. The zero-order chi connectivity index (χ0) is 16.9. The summed E-state index contributed by atoms with van der Waals surface area (Å²) in [5, 5.41) is 10.7. The van der Waals surface area contributed by atoms with Gasteiger partial charge < -0.3 is 9.88 Å². The highest BCUT2D eigenvalue weighted by atomic mass is 15.1. The lowest BCUT2D eigenvalue weighted by Gasteiger charge is -2.11. The number of hydrogen-bond donors (Lipinski definition) is 2. The highest BCUT2D eigenvalue weighted by Gasteiger charge is 2.08. The molecule has 124 valence electrons. The van der Waals surface area contributed by atoms with E-state index < -0.39 is 0 Å². The number of aromatic nitrogens is 5. The Kier molecular flexibility index (Phi) is 4.35. The molecule has 0 fully saturated rings. The third-order valence-electron chi connectivity index (χ3n) is 4.07. The Morgan fingerprint density at radius 3 is 2.68 bits per heavy atom. The summed E-state index contributed by atoms with van der Waals surface area (Å²) in [4.78, 5) is 8.30. The van der Waals surface area contributed by atoms with Crippen LogP contribution in [0.3, 0.4) is 0 Å². The van der Waals surface area contributed by atoms with Crippen LogP contribution < -0.4 is 5.32 Å². The largest absolute Gasteiger partial charge is 0.308 e. The molecule has 0 amide bonds. The summed E-state index contributed by atoms with van der Waals surface area (Å²) in [6, 6.07) is 12.3. The normalized spacial score (nSPS) is 10.9. The average Bonchev–Trinajstić information content (AvgIpc) is 3.35. The van der Waals surface area contributed by atoms with Crippen LogP contribution in [0.4, 0.5) is 0 Å². The maximum absolute atomic E-state index is 4.18. The molecule has 25 heavy (non-hydrogen) atoms. The second-order valence-electron chi connectivity index (χ2n) is 5.71. The molecule has 0 aliphatic rings. The molecule has 6 nitrogen and oxygen atoms in total. The van der Waals surface area contributed by atoms with E-state index in [4.69, 9.17) is 0 Å². The number of pyridine rings is 1. The highest BCUT2D eigenvalue weighted by Crippen LogP contribution is 2.20. The van der Waals surface area contributed by atoms with Crippen LogP contribution in [0.1, 0.15) is 11.1 Å². The predicted octanol–water partition coefficient (Wildman–Crippen LogP) is 2.95. The minimum absolute atomic E-state index is 0.721. The number of hydrogen-bond acceptors (Lipinski definition) is 4. The Bertz CT molecular complexity index is 927. The van der Waals surface area contributed by atoms with Crippen molar-refractivity contribution >= 4 is 0 Å². The van der Waals surface area contributed by atoms with Gasteiger partial charge in [-0.1, -0.05) is 18.2 Å². The molecule has 0 radical (unpaired) electrons. The van der Waals surface area contributed by atoms with Crippen LogP contribution in [0.2, 0.25) is 0 Å². The fourth-order valence-electron chi connectivity index (χ4n) is 2.85. The molecular formula is C19H18N6. The molecule has 6 heteroatoms. The van der Waals surface area contributed by atoms with Gasteiger partial charge in [0.1, 0.15) is 0 Å². The Morgan fingerprint density at radius 1 is 0.920 bits per heavy atom. The van der Waals surface area contributed by atoms with Crippen LogP contribution in [0.25, 0.3) is 16.9 Å². The molecule has 3 aromatic heterocycles. The van der Waals surface area contributed by atoms with Crippen molar-refractivity contribution in [2.24, 2.45) is 0 Å². The van der Waals surface area contributed by atoms with E-state index in [0.717, 1.165) is 35.6 Å². The molecule has 0 unspecified atom stereocenters. The van der Waals surface area contributed by atoms with E-state index in [9.17, 15) is 0 Å². The van der Waals surface area contributed by atoms with Gasteiger partial charge in [-0.15, -0.1) is 0 Å². The van der Waals surface area contributed by atoms with Crippen molar-refractivity contribution in [2.75, 3.05) is 0 Å². The van der Waals surface area contributed by atoms with E-state index in [-0.39, 0.29) is 0 Å². The zero-order valence-corrected chi connectivity index (χ0v) is 13.6. The minimum atomic E-state index is 0.721. The standard InChI is InChI=1S/C19H18N6/c1-2-6-18(25-9-8-21-14-25)15(4-1)10-22-12-17-13-23-24-19(17)16-5-3-7-20-11-16/h1-9,11,13-14,22H,10,12H2,(H,23,24). The first-order valence-corrected chi connectivity index (χ1v) is 8.11. The van der Waals surface area contributed by atoms with Crippen LogP contribution in [0.15, 0.2) is 73.7 Å². The fraction of sp³-hybridized carbons (Fsp3) is 0.105. The van der Waals surface area contributed by atoms with E-state index in [2.05, 4.69) is 43.7 Å². The lowest BCUT2D eigenvalue weighted by molar-refractivity contribution is 0.691. The molecule has 0 saturated heterocycles. The molecule has 4 aromatic rings. The molecule has 0 atom stereocenters. The molecule has 0 aliphatic carbocycles. The summed E-state index contributed by atoms with van der Waals surface area (Å²) in [5.74, 6) is 0. The van der Waals surface area contributed by atoms with Crippen molar-refractivity contribution < 1.29 is 0 Å². The van der Waals surface area contributed by atoms with Gasteiger partial charge in [-0.25, -0.2) is 4.98 Å². The summed E-state index contributed by atoms with van der Waals surface area (Å²) in [5.41, 5.74) is 5.51. The average molecular weight is 330 g/mol. The van der Waals surface area contributed by atoms with E-state index >= 15 is 0 Å². The third kappa shape index (κ3) is 3.34. The SMILES string of the molecule is c1cncc(-c2[nH]ncc2CNCc2ccccc2-n2ccnc2)c1. The van der Waals surface area contributed by atoms with Crippen molar-refractivity contribution in [3.63, 3.8) is 0 Å². The van der Waals surface area contributed by atoms with E-state index in [0.29, 0.717) is 0 Å². The molecule has 0 saturated carbocycles. The molecular weight excluding hydrogens is 312 g/mol. The number of nitrogens with zero attached hydrogens (tertiary/aromatic N) is 4. The number of para-hydroxylation sites is 1. The van der Waals surface area contributed by atoms with Crippen molar-refractivity contribution in [3.05, 3.63) is 84.8 Å². The van der Waals surface area contributed by atoms with Crippen molar-refractivity contribution in [1.82, 2.24) is 30.0 Å². The number of aromatic amines is 1. The van der Waals surface area contributed by atoms with Gasteiger partial charge in [0.2, 0.25) is 0 Å². The topological polar surface area (TPSA) is 71.4 Å². The smallest absolute Gasteiger partial charge is 0.0991 e. The van der Waals surface area contributed by atoms with Crippen molar-refractivity contribution in [1.29, 1.82) is 0 Å². The van der Waals surface area contributed by atoms with Crippen LogP contribution in [0, 0.1) is 0 Å². The first-order valence-electron chi connectivity index (χ1n) is 8.11. The Hall–Kier alpha value is -3.25. The molecule has 1 aromatic carbocycles. The lowest BCUT2D eigenvalue weighted by Crippen LogP contribution is -2.14. The number of nitrogens with one attached hydrogen (secondary N) is 2. The minimum Gasteiger partial charge on any atom is -0.308 e. The molecule has 0 aliphatic heterocycles. The maximum Gasteiger partial charge on any atom is 0.0991 e. The van der Waals surface area contributed by atoms with Gasteiger partial charge in [-0.2, -0.15) is 5.10 Å². The molecule has 0 spiro atoms. The van der Waals surface area contributed by atoms with Crippen LogP contribution in [-0.4, -0.2) is 24.7 Å². The number of benzene rings is 1. The van der Waals surface area contributed by atoms with Crippen LogP contribution in [0.5, 0.6) is 0 Å². The Morgan fingerprint density at radius 2 is 1.84 bits per heavy atom. The summed E-state index contributed by atoms with van der Waals surface area (Å²) in [6.45, 7) is 1.48. The predicted molar refractivity (Wildman–Crippen MR) is 95.9 cm³/mol. The summed E-state index contributed by atoms with van der Waals surface area (Å²) >= 11 is 0. The summed E-state index contributed by atoms with van der Waals surface area (Å²) < 4.78 is 2.02. The molecule has 2 N–H and O–H groups in total. The maximum atomic E-state index is 4.18. The van der Waals surface area contributed by atoms with Gasteiger partial charge >= 0.3 is 0 Å². The van der Waals surface area contributed by atoms with Crippen molar-refractivity contribution in [3.8, 4) is 16.9 Å². The van der Waals surface area contributed by atoms with E-state index in [1.807, 2.05) is 47.7 Å². The fourth-order valence-corrected chi connectivity index (χ4v) is 2.85. The zero-order valence-electron chi connectivity index (χ0n) is 13.6. The van der Waals surface area contributed by atoms with Gasteiger partial charge in [-0.05, 0) is 23.8 Å². The number of H-pyrrole nitrogens is 1. The van der Waals surface area contributed by atoms with Crippen LogP contribution in [-0.2, 0) is 13.1 Å². The summed E-state index contributed by atoms with van der Waals surface area (Å²) in [7, 11) is 0.